The van der Waals surface area contributed by atoms with Gasteiger partial charge >= 0.3 is 5.97 Å². The summed E-state index contributed by atoms with van der Waals surface area (Å²) in [7, 11) is 0. The summed E-state index contributed by atoms with van der Waals surface area (Å²) in [4.78, 5) is 37.0. The Morgan fingerprint density at radius 2 is 2.07 bits per heavy atom. The van der Waals surface area contributed by atoms with Gasteiger partial charge in [0.15, 0.2) is 12.2 Å². The number of carbonyl (C=O) groups is 3. The van der Waals surface area contributed by atoms with Crippen molar-refractivity contribution in [1.82, 2.24) is 5.16 Å². The summed E-state index contributed by atoms with van der Waals surface area (Å²) in [6.45, 7) is -0.463. The van der Waals surface area contributed by atoms with E-state index < -0.39 is 24.4 Å². The normalized spacial score (nSPS) is 12.7. The number of rotatable bonds is 6. The topological polar surface area (TPSA) is 125 Å². The average molecular weight is 399 g/mol. The van der Waals surface area contributed by atoms with Crippen molar-refractivity contribution in [3.63, 3.8) is 0 Å². The summed E-state index contributed by atoms with van der Waals surface area (Å²) >= 11 is 1.35. The highest BCUT2D eigenvalue weighted by molar-refractivity contribution is 7.17. The van der Waals surface area contributed by atoms with Crippen LogP contribution in [0.5, 0.6) is 0 Å². The minimum absolute atomic E-state index is 0.107. The summed E-state index contributed by atoms with van der Waals surface area (Å²) in [5, 5.41) is 7.64. The minimum Gasteiger partial charge on any atom is -0.455 e. The molecule has 2 aromatic heterocycles. The lowest BCUT2D eigenvalue weighted by atomic mass is 10.1. The van der Waals surface area contributed by atoms with Crippen molar-refractivity contribution in [2.75, 3.05) is 11.9 Å². The number of aryl methyl sites for hydroxylation is 1. The fraction of sp³-hybridized carbons (Fsp3) is 0.263. The first-order valence-corrected chi connectivity index (χ1v) is 9.57. The maximum absolute atomic E-state index is 12.2. The number of nitrogens with one attached hydrogen (secondary N) is 1. The van der Waals surface area contributed by atoms with Gasteiger partial charge in [-0.25, -0.2) is 0 Å². The second kappa shape index (κ2) is 7.43. The number of aromatic nitrogens is 1. The molecule has 0 aliphatic heterocycles. The number of esters is 1. The van der Waals surface area contributed by atoms with Crippen molar-refractivity contribution in [3.05, 3.63) is 46.0 Å². The largest absolute Gasteiger partial charge is 0.455 e. The molecule has 144 valence electrons. The number of carbonyl (C=O) groups excluding carboxylic acids is 3. The number of thiophene rings is 1. The van der Waals surface area contributed by atoms with Crippen molar-refractivity contribution in [3.8, 4) is 0 Å². The molecule has 0 saturated carbocycles. The van der Waals surface area contributed by atoms with Crippen LogP contribution in [0, 0.1) is 0 Å². The summed E-state index contributed by atoms with van der Waals surface area (Å²) in [6, 6.07) is 7.17. The van der Waals surface area contributed by atoms with E-state index in [9.17, 15) is 14.4 Å². The smallest absolute Gasteiger partial charge is 0.312 e. The van der Waals surface area contributed by atoms with E-state index >= 15 is 0 Å². The van der Waals surface area contributed by atoms with Crippen molar-refractivity contribution in [2.24, 2.45) is 5.73 Å². The van der Waals surface area contributed by atoms with Crippen LogP contribution < -0.4 is 11.1 Å². The zero-order chi connectivity index (χ0) is 19.7. The summed E-state index contributed by atoms with van der Waals surface area (Å²) in [5.74, 6) is -1.69. The molecule has 9 heteroatoms. The number of amides is 2. The van der Waals surface area contributed by atoms with Crippen LogP contribution in [0.25, 0.3) is 11.0 Å². The van der Waals surface area contributed by atoms with Gasteiger partial charge in [0.05, 0.1) is 12.0 Å². The number of ether oxygens (including phenoxy) is 1. The minimum atomic E-state index is -0.599. The summed E-state index contributed by atoms with van der Waals surface area (Å²) in [5.41, 5.74) is 7.78. The number of para-hydroxylation sites is 1. The first-order valence-electron chi connectivity index (χ1n) is 8.76. The van der Waals surface area contributed by atoms with E-state index in [0.29, 0.717) is 21.8 Å². The highest BCUT2D eigenvalue weighted by Gasteiger charge is 2.26. The molecular formula is C19H17N3O5S. The molecule has 28 heavy (non-hydrogen) atoms. The third kappa shape index (κ3) is 3.48. The van der Waals surface area contributed by atoms with Crippen molar-refractivity contribution in [1.29, 1.82) is 0 Å². The fourth-order valence-corrected chi connectivity index (χ4v) is 4.63. The Balaban J connectivity index is 1.36. The molecule has 1 aliphatic carbocycles. The zero-order valence-corrected chi connectivity index (χ0v) is 15.6. The van der Waals surface area contributed by atoms with Crippen molar-refractivity contribution in [2.45, 2.75) is 25.7 Å². The summed E-state index contributed by atoms with van der Waals surface area (Å²) < 4.78 is 10.2. The predicted octanol–water partition coefficient (Wildman–Crippen LogP) is 2.20. The van der Waals surface area contributed by atoms with Crippen LogP contribution in [0.15, 0.2) is 28.8 Å². The molecular weight excluding hydrogens is 382 g/mol. The highest BCUT2D eigenvalue weighted by atomic mass is 32.1. The number of benzene rings is 1. The monoisotopic (exact) mass is 399 g/mol. The lowest BCUT2D eigenvalue weighted by molar-refractivity contribution is -0.146. The maximum atomic E-state index is 12.2. The van der Waals surface area contributed by atoms with E-state index in [-0.39, 0.29) is 6.42 Å². The standard InChI is InChI=1S/C19H17N3O5S/c20-18(25)17-11-5-3-7-14(11)28-19(17)21-15(23)9-26-16(24)8-12-10-4-1-2-6-13(10)27-22-12/h1-2,4,6H,3,5,7-9H2,(H2,20,25)(H,21,23). The van der Waals surface area contributed by atoms with Gasteiger partial charge in [-0.3, -0.25) is 14.4 Å². The number of nitrogens with two attached hydrogens (primary N) is 1. The lowest BCUT2D eigenvalue weighted by Crippen LogP contribution is -2.23. The van der Waals surface area contributed by atoms with E-state index in [1.54, 1.807) is 18.2 Å². The van der Waals surface area contributed by atoms with E-state index in [2.05, 4.69) is 10.5 Å². The third-order valence-electron chi connectivity index (χ3n) is 4.55. The van der Waals surface area contributed by atoms with Crippen LogP contribution >= 0.6 is 11.3 Å². The number of fused-ring (bicyclic) bond motifs is 2. The fourth-order valence-electron chi connectivity index (χ4n) is 3.32. The molecule has 0 radical (unpaired) electrons. The van der Waals surface area contributed by atoms with E-state index in [0.717, 1.165) is 35.1 Å². The highest BCUT2D eigenvalue weighted by Crippen LogP contribution is 2.38. The lowest BCUT2D eigenvalue weighted by Gasteiger charge is -2.07. The van der Waals surface area contributed by atoms with Gasteiger partial charge in [0.25, 0.3) is 11.8 Å². The Labute approximate surface area is 163 Å². The van der Waals surface area contributed by atoms with Crippen molar-refractivity contribution >= 4 is 45.1 Å². The second-order valence-electron chi connectivity index (χ2n) is 6.44. The Hall–Kier alpha value is -3.20. The molecule has 8 nitrogen and oxygen atoms in total. The molecule has 0 fully saturated rings. The number of primary amides is 1. The van der Waals surface area contributed by atoms with Crippen LogP contribution in [-0.2, 0) is 33.6 Å². The van der Waals surface area contributed by atoms with Gasteiger partial charge in [0.1, 0.15) is 10.7 Å². The van der Waals surface area contributed by atoms with Crippen LogP contribution in [0.3, 0.4) is 0 Å². The molecule has 3 aromatic rings. The van der Waals surface area contributed by atoms with Crippen molar-refractivity contribution < 1.29 is 23.6 Å². The zero-order valence-electron chi connectivity index (χ0n) is 14.8. The molecule has 4 rings (SSSR count). The van der Waals surface area contributed by atoms with Crippen LogP contribution in [0.2, 0.25) is 0 Å². The molecule has 0 unspecified atom stereocenters. The van der Waals surface area contributed by atoms with Crippen LogP contribution in [-0.4, -0.2) is 29.5 Å². The Morgan fingerprint density at radius 3 is 2.89 bits per heavy atom. The third-order valence-corrected chi connectivity index (χ3v) is 5.76. The number of anilines is 1. The number of hydrogen-bond donors (Lipinski definition) is 2. The van der Waals surface area contributed by atoms with Gasteiger partial charge in [-0.15, -0.1) is 11.3 Å². The van der Waals surface area contributed by atoms with Crippen LogP contribution in [0.1, 0.15) is 32.9 Å². The van der Waals surface area contributed by atoms with Gasteiger partial charge in [-0.1, -0.05) is 17.3 Å². The second-order valence-corrected chi connectivity index (χ2v) is 7.54. The molecule has 1 aromatic carbocycles. The Bertz CT molecular complexity index is 1080. The Kier molecular flexibility index (Phi) is 4.82. The molecule has 0 spiro atoms. The Morgan fingerprint density at radius 1 is 1.25 bits per heavy atom. The molecule has 2 heterocycles. The SMILES string of the molecule is NC(=O)c1c(NC(=O)COC(=O)Cc2noc3ccccc23)sc2c1CCC2. The molecule has 3 N–H and O–H groups in total. The number of nitrogens with zero attached hydrogens (tertiary/aromatic N) is 1. The molecule has 0 bridgehead atoms. The van der Waals surface area contributed by atoms with E-state index in [4.69, 9.17) is 15.0 Å². The molecule has 0 saturated heterocycles. The number of hydrogen-bond acceptors (Lipinski definition) is 7. The van der Waals surface area contributed by atoms with Gasteiger partial charge in [-0.05, 0) is 37.0 Å². The molecule has 2 amide bonds. The molecule has 0 atom stereocenters. The predicted molar refractivity (Wildman–Crippen MR) is 102 cm³/mol. The first-order chi connectivity index (χ1) is 13.5. The van der Waals surface area contributed by atoms with Crippen LogP contribution in [0.4, 0.5) is 5.00 Å². The quantitative estimate of drug-likeness (QED) is 0.612. The van der Waals surface area contributed by atoms with Gasteiger partial charge in [0, 0.05) is 10.3 Å². The van der Waals surface area contributed by atoms with E-state index in [1.165, 1.54) is 11.3 Å². The first kappa shape index (κ1) is 18.2. The van der Waals surface area contributed by atoms with Gasteiger partial charge < -0.3 is 20.3 Å². The maximum Gasteiger partial charge on any atom is 0.312 e. The van der Waals surface area contributed by atoms with E-state index in [1.807, 2.05) is 6.07 Å². The molecule has 1 aliphatic rings. The summed E-state index contributed by atoms with van der Waals surface area (Å²) in [6.07, 6.45) is 2.52. The average Bonchev–Trinajstić information content (AvgIpc) is 3.34. The van der Waals surface area contributed by atoms with Gasteiger partial charge in [0.2, 0.25) is 0 Å². The van der Waals surface area contributed by atoms with Gasteiger partial charge in [-0.2, -0.15) is 0 Å².